The standard InChI is InChI=1S/C24H26N4O2/c1-15-9-16(2)11-21(10-15)27-24-25-17(3)12-23(30)28(24)14-22(29)26-20-8-7-18-5-4-6-19(18)13-20/h7-13H,4-6,14H2,1-3H3,(H,25,27)(H,26,29). The summed E-state index contributed by atoms with van der Waals surface area (Å²) < 4.78 is 1.37. The van der Waals surface area contributed by atoms with Crippen LogP contribution < -0.4 is 16.2 Å². The second kappa shape index (κ2) is 8.14. The summed E-state index contributed by atoms with van der Waals surface area (Å²) in [6.45, 7) is 5.68. The molecule has 0 radical (unpaired) electrons. The molecule has 6 heteroatoms. The molecule has 1 heterocycles. The van der Waals surface area contributed by atoms with Crippen molar-refractivity contribution in [1.82, 2.24) is 9.55 Å². The highest BCUT2D eigenvalue weighted by Crippen LogP contribution is 2.25. The van der Waals surface area contributed by atoms with Crippen LogP contribution in [0.2, 0.25) is 0 Å². The molecule has 1 aromatic heterocycles. The van der Waals surface area contributed by atoms with Gasteiger partial charge in [-0.1, -0.05) is 12.1 Å². The first-order chi connectivity index (χ1) is 14.4. The van der Waals surface area contributed by atoms with Gasteiger partial charge in [0.15, 0.2) is 0 Å². The number of hydrogen-bond donors (Lipinski definition) is 2. The summed E-state index contributed by atoms with van der Waals surface area (Å²) in [7, 11) is 0. The fourth-order valence-electron chi connectivity index (χ4n) is 4.04. The van der Waals surface area contributed by atoms with Gasteiger partial charge in [0.1, 0.15) is 6.54 Å². The number of benzene rings is 2. The van der Waals surface area contributed by atoms with E-state index in [4.69, 9.17) is 0 Å². The Bertz CT molecular complexity index is 1160. The Kier molecular flexibility index (Phi) is 5.40. The molecule has 0 saturated carbocycles. The molecule has 3 aromatic rings. The molecule has 4 rings (SSSR count). The van der Waals surface area contributed by atoms with Crippen LogP contribution in [0.1, 0.15) is 34.4 Å². The van der Waals surface area contributed by atoms with Crippen LogP contribution >= 0.6 is 0 Å². The number of aromatic nitrogens is 2. The molecule has 6 nitrogen and oxygen atoms in total. The van der Waals surface area contributed by atoms with E-state index in [1.807, 2.05) is 38.1 Å². The van der Waals surface area contributed by atoms with Gasteiger partial charge >= 0.3 is 0 Å². The van der Waals surface area contributed by atoms with Crippen molar-refractivity contribution in [2.75, 3.05) is 10.6 Å². The molecule has 0 atom stereocenters. The summed E-state index contributed by atoms with van der Waals surface area (Å²) in [6.07, 6.45) is 3.30. The Hall–Kier alpha value is -3.41. The zero-order valence-corrected chi connectivity index (χ0v) is 17.6. The first-order valence-electron chi connectivity index (χ1n) is 10.2. The minimum absolute atomic E-state index is 0.115. The molecule has 0 spiro atoms. The van der Waals surface area contributed by atoms with Crippen molar-refractivity contribution in [2.24, 2.45) is 0 Å². The SMILES string of the molecule is Cc1cc(C)cc(Nc2nc(C)cc(=O)n2CC(=O)Nc2ccc3c(c2)CCC3)c1. The molecular formula is C24H26N4O2. The second-order valence-electron chi connectivity index (χ2n) is 8.03. The Morgan fingerprint density at radius 1 is 0.967 bits per heavy atom. The molecule has 2 aromatic carbocycles. The van der Waals surface area contributed by atoms with E-state index in [1.165, 1.54) is 21.8 Å². The average molecular weight is 402 g/mol. The molecule has 2 N–H and O–H groups in total. The first-order valence-corrected chi connectivity index (χ1v) is 10.2. The van der Waals surface area contributed by atoms with Crippen molar-refractivity contribution in [3.8, 4) is 0 Å². The quantitative estimate of drug-likeness (QED) is 0.675. The fourth-order valence-corrected chi connectivity index (χ4v) is 4.04. The van der Waals surface area contributed by atoms with Crippen molar-refractivity contribution in [3.63, 3.8) is 0 Å². The maximum absolute atomic E-state index is 12.7. The summed E-state index contributed by atoms with van der Waals surface area (Å²) in [5.74, 6) is 0.0956. The first kappa shape index (κ1) is 19.9. The molecule has 30 heavy (non-hydrogen) atoms. The van der Waals surface area contributed by atoms with Crippen LogP contribution in [-0.4, -0.2) is 15.5 Å². The van der Waals surface area contributed by atoms with Crippen LogP contribution in [0, 0.1) is 20.8 Å². The van der Waals surface area contributed by atoms with Crippen LogP contribution in [0.3, 0.4) is 0 Å². The van der Waals surface area contributed by atoms with Crippen molar-refractivity contribution in [2.45, 2.75) is 46.6 Å². The van der Waals surface area contributed by atoms with Gasteiger partial charge < -0.3 is 10.6 Å². The number of carbonyl (C=O) groups is 1. The molecule has 1 aliphatic rings. The van der Waals surface area contributed by atoms with Gasteiger partial charge in [-0.15, -0.1) is 0 Å². The van der Waals surface area contributed by atoms with Crippen LogP contribution in [-0.2, 0) is 24.2 Å². The summed E-state index contributed by atoms with van der Waals surface area (Å²) in [5, 5.41) is 6.13. The largest absolute Gasteiger partial charge is 0.325 e. The van der Waals surface area contributed by atoms with Crippen molar-refractivity contribution >= 4 is 23.2 Å². The summed E-state index contributed by atoms with van der Waals surface area (Å²) in [5.41, 5.74) is 6.78. The fraction of sp³-hybridized carbons (Fsp3) is 0.292. The van der Waals surface area contributed by atoms with Crippen LogP contribution in [0.5, 0.6) is 0 Å². The van der Waals surface area contributed by atoms with E-state index < -0.39 is 0 Å². The van der Waals surface area contributed by atoms with Crippen molar-refractivity contribution in [3.05, 3.63) is 80.8 Å². The topological polar surface area (TPSA) is 76.0 Å². The molecule has 0 aliphatic heterocycles. The highest BCUT2D eigenvalue weighted by molar-refractivity contribution is 5.91. The summed E-state index contributed by atoms with van der Waals surface area (Å²) in [6, 6.07) is 13.5. The third-order valence-electron chi connectivity index (χ3n) is 5.30. The smallest absolute Gasteiger partial charge is 0.255 e. The highest BCUT2D eigenvalue weighted by atomic mass is 16.2. The zero-order chi connectivity index (χ0) is 21.3. The monoisotopic (exact) mass is 402 g/mol. The van der Waals surface area contributed by atoms with E-state index in [1.54, 1.807) is 6.92 Å². The number of amides is 1. The number of fused-ring (bicyclic) bond motifs is 1. The van der Waals surface area contributed by atoms with Gasteiger partial charge in [-0.2, -0.15) is 0 Å². The van der Waals surface area contributed by atoms with Gasteiger partial charge in [-0.25, -0.2) is 4.98 Å². The van der Waals surface area contributed by atoms with Crippen molar-refractivity contribution < 1.29 is 4.79 Å². The van der Waals surface area contributed by atoms with E-state index in [0.717, 1.165) is 41.8 Å². The molecule has 0 bridgehead atoms. The zero-order valence-electron chi connectivity index (χ0n) is 17.6. The predicted molar refractivity (Wildman–Crippen MR) is 120 cm³/mol. The van der Waals surface area contributed by atoms with E-state index in [2.05, 4.69) is 27.8 Å². The van der Waals surface area contributed by atoms with Gasteiger partial charge in [0.25, 0.3) is 5.56 Å². The van der Waals surface area contributed by atoms with E-state index >= 15 is 0 Å². The van der Waals surface area contributed by atoms with E-state index in [9.17, 15) is 9.59 Å². The maximum Gasteiger partial charge on any atom is 0.255 e. The minimum atomic E-state index is -0.265. The molecule has 1 aliphatic carbocycles. The lowest BCUT2D eigenvalue weighted by atomic mass is 10.1. The molecular weight excluding hydrogens is 376 g/mol. The van der Waals surface area contributed by atoms with Gasteiger partial charge in [-0.3, -0.25) is 14.2 Å². The molecule has 0 fully saturated rings. The number of nitrogens with one attached hydrogen (secondary N) is 2. The van der Waals surface area contributed by atoms with Crippen LogP contribution in [0.15, 0.2) is 47.3 Å². The lowest BCUT2D eigenvalue weighted by Crippen LogP contribution is -2.30. The highest BCUT2D eigenvalue weighted by Gasteiger charge is 2.15. The lowest BCUT2D eigenvalue weighted by molar-refractivity contribution is -0.116. The Morgan fingerprint density at radius 3 is 2.47 bits per heavy atom. The number of aryl methyl sites for hydroxylation is 5. The molecule has 1 amide bonds. The number of hydrogen-bond acceptors (Lipinski definition) is 4. The molecule has 154 valence electrons. The molecule has 0 unspecified atom stereocenters. The predicted octanol–water partition coefficient (Wildman–Crippen LogP) is 4.04. The number of carbonyl (C=O) groups excluding carboxylic acids is 1. The van der Waals surface area contributed by atoms with Gasteiger partial charge in [-0.05, 0) is 86.6 Å². The Labute approximate surface area is 176 Å². The maximum atomic E-state index is 12.7. The summed E-state index contributed by atoms with van der Waals surface area (Å²) in [4.78, 5) is 29.8. The minimum Gasteiger partial charge on any atom is -0.325 e. The normalized spacial score (nSPS) is 12.5. The third kappa shape index (κ3) is 4.43. The van der Waals surface area contributed by atoms with E-state index in [0.29, 0.717) is 11.6 Å². The van der Waals surface area contributed by atoms with Crippen molar-refractivity contribution in [1.29, 1.82) is 0 Å². The average Bonchev–Trinajstić information content (AvgIpc) is 3.11. The molecule has 0 saturated heterocycles. The van der Waals surface area contributed by atoms with E-state index in [-0.39, 0.29) is 18.0 Å². The summed E-state index contributed by atoms with van der Waals surface area (Å²) >= 11 is 0. The second-order valence-corrected chi connectivity index (χ2v) is 8.03. The van der Waals surface area contributed by atoms with Gasteiger partial charge in [0.2, 0.25) is 11.9 Å². The number of rotatable bonds is 5. The number of anilines is 3. The van der Waals surface area contributed by atoms with Gasteiger partial charge in [0, 0.05) is 23.1 Å². The Balaban J connectivity index is 1.57. The Morgan fingerprint density at radius 2 is 1.70 bits per heavy atom. The third-order valence-corrected chi connectivity index (χ3v) is 5.30. The number of nitrogens with zero attached hydrogens (tertiary/aromatic N) is 2. The lowest BCUT2D eigenvalue weighted by Gasteiger charge is -2.15. The van der Waals surface area contributed by atoms with Crippen LogP contribution in [0.4, 0.5) is 17.3 Å². The van der Waals surface area contributed by atoms with Gasteiger partial charge in [0.05, 0.1) is 0 Å². The van der Waals surface area contributed by atoms with Crippen LogP contribution in [0.25, 0.3) is 0 Å².